The van der Waals surface area contributed by atoms with Crippen molar-refractivity contribution < 1.29 is 38.2 Å². The molecule has 3 N–H and O–H groups in total. The lowest BCUT2D eigenvalue weighted by molar-refractivity contribution is -0.135. The lowest BCUT2D eigenvalue weighted by Crippen LogP contribution is -2.46. The summed E-state index contributed by atoms with van der Waals surface area (Å²) in [6.07, 6.45) is 4.78. The van der Waals surface area contributed by atoms with E-state index < -0.39 is 29.9 Å². The highest BCUT2D eigenvalue weighted by molar-refractivity contribution is 9.10. The van der Waals surface area contributed by atoms with Crippen LogP contribution in [0.15, 0.2) is 47.2 Å². The molecule has 0 saturated carbocycles. The molecule has 12 heteroatoms. The fourth-order valence-corrected chi connectivity index (χ4v) is 4.08. The number of aromatic nitrogens is 1. The summed E-state index contributed by atoms with van der Waals surface area (Å²) in [5, 5.41) is 6.20. The first-order chi connectivity index (χ1) is 18.4. The first kappa shape index (κ1) is 29.1. The van der Waals surface area contributed by atoms with Crippen LogP contribution in [0.5, 0.6) is 17.2 Å². The number of rotatable bonds is 9. The van der Waals surface area contributed by atoms with Gasteiger partial charge in [0.05, 0.1) is 0 Å². The zero-order valence-electron chi connectivity index (χ0n) is 21.5. The summed E-state index contributed by atoms with van der Waals surface area (Å²) >= 11 is 3.42. The summed E-state index contributed by atoms with van der Waals surface area (Å²) in [6, 6.07) is 7.56. The van der Waals surface area contributed by atoms with E-state index in [9.17, 15) is 24.0 Å². The SMILES string of the molecule is CC(=O)N[C@@H](Cc1c[nH]c2cc(Br)ccc12)C(=O)N/C=C/c1cc(OC(C)=O)c(OC(C)=O)c(OC(C)=O)c1. The van der Waals surface area contributed by atoms with Gasteiger partial charge in [-0.25, -0.2) is 0 Å². The maximum atomic E-state index is 13.0. The van der Waals surface area contributed by atoms with Crippen molar-refractivity contribution in [3.05, 3.63) is 58.3 Å². The van der Waals surface area contributed by atoms with Gasteiger partial charge in [-0.2, -0.15) is 0 Å². The Morgan fingerprint density at radius 3 is 2.10 bits per heavy atom. The predicted molar refractivity (Wildman–Crippen MR) is 145 cm³/mol. The Balaban J connectivity index is 1.85. The summed E-state index contributed by atoms with van der Waals surface area (Å²) in [5.41, 5.74) is 2.07. The highest BCUT2D eigenvalue weighted by atomic mass is 79.9. The quantitative estimate of drug-likeness (QED) is 0.249. The Kier molecular flexibility index (Phi) is 9.61. The number of nitrogens with one attached hydrogen (secondary N) is 3. The molecule has 0 radical (unpaired) electrons. The van der Waals surface area contributed by atoms with E-state index in [4.69, 9.17) is 14.2 Å². The van der Waals surface area contributed by atoms with Crippen LogP contribution < -0.4 is 24.8 Å². The van der Waals surface area contributed by atoms with Gasteiger partial charge in [0, 0.05) is 61.9 Å². The number of fused-ring (bicyclic) bond motifs is 1. The van der Waals surface area contributed by atoms with Crippen LogP contribution in [0.2, 0.25) is 0 Å². The largest absolute Gasteiger partial charge is 0.423 e. The summed E-state index contributed by atoms with van der Waals surface area (Å²) in [7, 11) is 0. The fourth-order valence-electron chi connectivity index (χ4n) is 3.72. The third kappa shape index (κ3) is 8.27. The fraction of sp³-hybridized carbons (Fsp3) is 0.222. The minimum Gasteiger partial charge on any atom is -0.423 e. The smallest absolute Gasteiger partial charge is 0.308 e. The van der Waals surface area contributed by atoms with Crippen molar-refractivity contribution in [1.29, 1.82) is 0 Å². The zero-order chi connectivity index (χ0) is 28.7. The zero-order valence-corrected chi connectivity index (χ0v) is 23.1. The molecule has 2 aromatic carbocycles. The lowest BCUT2D eigenvalue weighted by atomic mass is 10.0. The molecule has 3 rings (SSSR count). The standard InChI is InChI=1S/C27H26BrN3O8/c1-14(32)31-23(11-19-13-30-22-12-20(28)5-6-21(19)22)27(36)29-8-7-18-9-24(37-15(2)33)26(39-17(4)35)25(10-18)38-16(3)34/h5-10,12-13,23,30H,11H2,1-4H3,(H,29,36)(H,31,32)/b8-7+/t23-/m0/s1. The van der Waals surface area contributed by atoms with Crippen LogP contribution in [-0.4, -0.2) is 40.7 Å². The molecule has 3 aromatic rings. The van der Waals surface area contributed by atoms with Crippen LogP contribution in [-0.2, 0) is 30.4 Å². The van der Waals surface area contributed by atoms with Gasteiger partial charge >= 0.3 is 17.9 Å². The Bertz CT molecular complexity index is 1440. The van der Waals surface area contributed by atoms with Crippen molar-refractivity contribution in [3.8, 4) is 17.2 Å². The molecular weight excluding hydrogens is 574 g/mol. The number of aromatic amines is 1. The van der Waals surface area contributed by atoms with Crippen molar-refractivity contribution >= 4 is 62.6 Å². The average Bonchev–Trinajstić information content (AvgIpc) is 3.21. The summed E-state index contributed by atoms with van der Waals surface area (Å²) in [5.74, 6) is -3.55. The van der Waals surface area contributed by atoms with Crippen LogP contribution >= 0.6 is 15.9 Å². The van der Waals surface area contributed by atoms with E-state index in [1.807, 2.05) is 18.2 Å². The highest BCUT2D eigenvalue weighted by Gasteiger charge is 2.22. The minimum atomic E-state index is -0.880. The maximum Gasteiger partial charge on any atom is 0.308 e. The maximum absolute atomic E-state index is 13.0. The second-order valence-corrected chi connectivity index (χ2v) is 9.35. The topological polar surface area (TPSA) is 153 Å². The molecule has 1 heterocycles. The van der Waals surface area contributed by atoms with Crippen LogP contribution in [0, 0.1) is 0 Å². The number of amides is 2. The number of carbonyl (C=O) groups excluding carboxylic acids is 5. The van der Waals surface area contributed by atoms with E-state index in [-0.39, 0.29) is 29.6 Å². The van der Waals surface area contributed by atoms with Crippen LogP contribution in [0.25, 0.3) is 17.0 Å². The molecule has 204 valence electrons. The second-order valence-electron chi connectivity index (χ2n) is 8.43. The third-order valence-corrected chi connectivity index (χ3v) is 5.64. The van der Waals surface area contributed by atoms with E-state index in [0.29, 0.717) is 5.56 Å². The molecule has 0 aliphatic carbocycles. The first-order valence-electron chi connectivity index (χ1n) is 11.7. The number of hydrogen-bond donors (Lipinski definition) is 3. The van der Waals surface area contributed by atoms with Gasteiger partial charge in [0.15, 0.2) is 11.5 Å². The number of carbonyl (C=O) groups is 5. The van der Waals surface area contributed by atoms with Crippen molar-refractivity contribution in [2.24, 2.45) is 0 Å². The normalized spacial score (nSPS) is 11.6. The van der Waals surface area contributed by atoms with Crippen LogP contribution in [0.3, 0.4) is 0 Å². The number of H-pyrrole nitrogens is 1. The molecule has 0 aliphatic heterocycles. The first-order valence-corrected chi connectivity index (χ1v) is 12.4. The van der Waals surface area contributed by atoms with Crippen molar-refractivity contribution in [1.82, 2.24) is 15.6 Å². The molecule has 0 unspecified atom stereocenters. The summed E-state index contributed by atoms with van der Waals surface area (Å²) < 4.78 is 16.3. The number of esters is 3. The molecule has 0 bridgehead atoms. The molecule has 1 atom stereocenters. The van der Waals surface area contributed by atoms with Gasteiger partial charge in [-0.15, -0.1) is 0 Å². The molecule has 0 aliphatic rings. The van der Waals surface area contributed by atoms with E-state index >= 15 is 0 Å². The van der Waals surface area contributed by atoms with E-state index in [2.05, 4.69) is 31.5 Å². The van der Waals surface area contributed by atoms with Gasteiger partial charge in [0.2, 0.25) is 17.6 Å². The van der Waals surface area contributed by atoms with Gasteiger partial charge in [0.1, 0.15) is 6.04 Å². The molecule has 1 aromatic heterocycles. The van der Waals surface area contributed by atoms with E-state index in [1.165, 1.54) is 31.3 Å². The van der Waals surface area contributed by atoms with E-state index in [0.717, 1.165) is 41.7 Å². The third-order valence-electron chi connectivity index (χ3n) is 5.15. The highest BCUT2D eigenvalue weighted by Crippen LogP contribution is 2.39. The molecule has 0 spiro atoms. The van der Waals surface area contributed by atoms with Gasteiger partial charge in [-0.3, -0.25) is 24.0 Å². The number of hydrogen-bond acceptors (Lipinski definition) is 8. The van der Waals surface area contributed by atoms with E-state index in [1.54, 1.807) is 6.20 Å². The van der Waals surface area contributed by atoms with Crippen molar-refractivity contribution in [2.75, 3.05) is 0 Å². The molecule has 0 fully saturated rings. The molecule has 0 saturated heterocycles. The predicted octanol–water partition coefficient (Wildman–Crippen LogP) is 3.54. The monoisotopic (exact) mass is 599 g/mol. The van der Waals surface area contributed by atoms with Gasteiger partial charge < -0.3 is 29.8 Å². The molecule has 11 nitrogen and oxygen atoms in total. The minimum absolute atomic E-state index is 0.162. The van der Waals surface area contributed by atoms with Crippen molar-refractivity contribution in [3.63, 3.8) is 0 Å². The Hall–Kier alpha value is -4.45. The summed E-state index contributed by atoms with van der Waals surface area (Å²) in [4.78, 5) is 62.7. The average molecular weight is 600 g/mol. The van der Waals surface area contributed by atoms with Gasteiger partial charge in [0.25, 0.3) is 0 Å². The van der Waals surface area contributed by atoms with Crippen LogP contribution in [0.4, 0.5) is 0 Å². The molecule has 2 amide bonds. The Labute approximate surface area is 232 Å². The van der Waals surface area contributed by atoms with Gasteiger partial charge in [-0.1, -0.05) is 22.0 Å². The number of benzene rings is 2. The second kappa shape index (κ2) is 12.9. The van der Waals surface area contributed by atoms with Crippen LogP contribution in [0.1, 0.15) is 38.8 Å². The number of halogens is 1. The molecular formula is C27H26BrN3O8. The Morgan fingerprint density at radius 2 is 1.54 bits per heavy atom. The lowest BCUT2D eigenvalue weighted by Gasteiger charge is -2.16. The number of ether oxygens (including phenoxy) is 3. The summed E-state index contributed by atoms with van der Waals surface area (Å²) in [6.45, 7) is 4.76. The van der Waals surface area contributed by atoms with Gasteiger partial charge in [-0.05, 0) is 41.5 Å². The molecule has 39 heavy (non-hydrogen) atoms. The van der Waals surface area contributed by atoms with Crippen molar-refractivity contribution in [2.45, 2.75) is 40.2 Å². The Morgan fingerprint density at radius 1 is 0.923 bits per heavy atom.